The van der Waals surface area contributed by atoms with Gasteiger partial charge in [-0.25, -0.2) is 0 Å². The second kappa shape index (κ2) is 12.4. The van der Waals surface area contributed by atoms with Gasteiger partial charge in [0.25, 0.3) is 11.8 Å². The molecule has 0 aromatic heterocycles. The molecule has 0 radical (unpaired) electrons. The first-order chi connectivity index (χ1) is 16.0. The number of nitrogens with one attached hydrogen (secondary N) is 2. The zero-order chi connectivity index (χ0) is 25.3. The third kappa shape index (κ3) is 8.40. The summed E-state index contributed by atoms with van der Waals surface area (Å²) in [5.74, 6) is -2.59. The number of alkyl halides is 3. The molecule has 2 aromatic carbocycles. The summed E-state index contributed by atoms with van der Waals surface area (Å²) in [6.07, 6.45) is -4.65. The highest BCUT2D eigenvalue weighted by atomic mass is 35.5. The van der Waals surface area contributed by atoms with Crippen molar-refractivity contribution in [1.82, 2.24) is 5.32 Å². The second-order valence-electron chi connectivity index (χ2n) is 6.57. The maximum Gasteiger partial charge on any atom is 0.416 e. The number of rotatable bonds is 10. The predicted molar refractivity (Wildman–Crippen MR) is 117 cm³/mol. The summed E-state index contributed by atoms with van der Waals surface area (Å²) in [5.41, 5.74) is -1.21. The van der Waals surface area contributed by atoms with Crippen LogP contribution in [0.3, 0.4) is 0 Å². The van der Waals surface area contributed by atoms with E-state index in [1.54, 1.807) is 0 Å². The van der Waals surface area contributed by atoms with Crippen molar-refractivity contribution in [2.75, 3.05) is 38.8 Å². The Labute approximate surface area is 202 Å². The molecule has 0 atom stereocenters. The summed E-state index contributed by atoms with van der Waals surface area (Å²) in [7, 11) is 1.42. The molecule has 13 heteroatoms. The molecule has 0 spiro atoms. The van der Waals surface area contributed by atoms with Crippen molar-refractivity contribution in [3.63, 3.8) is 0 Å². The van der Waals surface area contributed by atoms with Crippen molar-refractivity contribution in [2.24, 2.45) is 0 Å². The smallest absolute Gasteiger partial charge is 0.416 e. The minimum atomic E-state index is -4.65. The van der Waals surface area contributed by atoms with E-state index in [0.29, 0.717) is 11.1 Å². The largest absolute Gasteiger partial charge is 0.489 e. The highest BCUT2D eigenvalue weighted by Gasteiger charge is 2.31. The number of anilines is 1. The van der Waals surface area contributed by atoms with Crippen LogP contribution in [-0.4, -0.2) is 51.3 Å². The van der Waals surface area contributed by atoms with Crippen molar-refractivity contribution >= 4 is 46.7 Å². The van der Waals surface area contributed by atoms with Gasteiger partial charge in [0, 0.05) is 12.1 Å². The van der Waals surface area contributed by atoms with Crippen molar-refractivity contribution in [1.29, 1.82) is 0 Å². The summed E-state index contributed by atoms with van der Waals surface area (Å²) in [6, 6.07) is 6.69. The number of hydrogen-bond acceptors (Lipinski definition) is 6. The minimum absolute atomic E-state index is 0.0249. The number of methoxy groups -OCH3 is 1. The lowest BCUT2D eigenvalue weighted by Gasteiger charge is -2.15. The van der Waals surface area contributed by atoms with E-state index in [2.05, 4.69) is 10.6 Å². The van der Waals surface area contributed by atoms with E-state index in [0.717, 1.165) is 12.1 Å². The Kier molecular flexibility index (Phi) is 9.97. The van der Waals surface area contributed by atoms with E-state index < -0.39 is 42.7 Å². The second-order valence-corrected chi connectivity index (χ2v) is 7.41. The van der Waals surface area contributed by atoms with Crippen LogP contribution in [-0.2, 0) is 25.2 Å². The van der Waals surface area contributed by atoms with E-state index >= 15 is 0 Å². The van der Waals surface area contributed by atoms with E-state index in [-0.39, 0.29) is 35.2 Å². The molecule has 2 rings (SSSR count). The Morgan fingerprint density at radius 2 is 1.76 bits per heavy atom. The molecule has 0 aliphatic rings. The Morgan fingerprint density at radius 3 is 2.41 bits per heavy atom. The van der Waals surface area contributed by atoms with Crippen molar-refractivity contribution < 1.29 is 41.8 Å². The minimum Gasteiger partial charge on any atom is -0.489 e. The van der Waals surface area contributed by atoms with Crippen LogP contribution in [0.2, 0.25) is 10.0 Å². The lowest BCUT2D eigenvalue weighted by Crippen LogP contribution is -2.32. The Balaban J connectivity index is 1.92. The number of carbonyl (C=O) groups is 3. The molecule has 0 bridgehead atoms. The number of amides is 2. The SMILES string of the molecule is COCCOc1ccc(C(F)(F)F)cc1NC(=O)COC(=O)CNC(=O)c1ccc(Cl)cc1Cl. The molecule has 0 saturated heterocycles. The highest BCUT2D eigenvalue weighted by Crippen LogP contribution is 2.35. The first-order valence-electron chi connectivity index (χ1n) is 9.53. The summed E-state index contributed by atoms with van der Waals surface area (Å²) >= 11 is 11.7. The average Bonchev–Trinajstić information content (AvgIpc) is 2.76. The van der Waals surface area contributed by atoms with Gasteiger partial charge < -0.3 is 24.8 Å². The lowest BCUT2D eigenvalue weighted by molar-refractivity contribution is -0.146. The zero-order valence-corrected chi connectivity index (χ0v) is 19.1. The topological polar surface area (TPSA) is 103 Å². The first-order valence-corrected chi connectivity index (χ1v) is 10.3. The van der Waals surface area contributed by atoms with Gasteiger partial charge in [-0.3, -0.25) is 14.4 Å². The standard InChI is InChI=1S/C21H19Cl2F3N2O6/c1-32-6-7-33-17-5-2-12(21(24,25)26)8-16(17)28-18(29)11-34-19(30)10-27-20(31)14-4-3-13(22)9-15(14)23/h2-5,8-9H,6-7,10-11H2,1H3,(H,27,31)(H,28,29). The molecule has 0 saturated carbocycles. The van der Waals surface area contributed by atoms with Crippen molar-refractivity contribution in [3.8, 4) is 5.75 Å². The average molecular weight is 523 g/mol. The molecular formula is C21H19Cl2F3N2O6. The van der Waals surface area contributed by atoms with E-state index in [9.17, 15) is 27.6 Å². The fraction of sp³-hybridized carbons (Fsp3) is 0.286. The number of hydrogen-bond donors (Lipinski definition) is 2. The van der Waals surface area contributed by atoms with Crippen LogP contribution in [0.4, 0.5) is 18.9 Å². The molecule has 0 aliphatic heterocycles. The third-order valence-corrected chi connectivity index (χ3v) is 4.61. The van der Waals surface area contributed by atoms with Crippen molar-refractivity contribution in [3.05, 3.63) is 57.6 Å². The van der Waals surface area contributed by atoms with Gasteiger partial charge in [0.15, 0.2) is 6.61 Å². The fourth-order valence-electron chi connectivity index (χ4n) is 2.47. The molecule has 34 heavy (non-hydrogen) atoms. The number of esters is 1. The number of carbonyl (C=O) groups excluding carboxylic acids is 3. The van der Waals surface area contributed by atoms with Crippen LogP contribution < -0.4 is 15.4 Å². The predicted octanol–water partition coefficient (Wildman–Crippen LogP) is 3.95. The van der Waals surface area contributed by atoms with Gasteiger partial charge in [-0.2, -0.15) is 13.2 Å². The van der Waals surface area contributed by atoms with Crippen LogP contribution in [0.25, 0.3) is 0 Å². The first kappa shape index (κ1) is 27.2. The Bertz CT molecular complexity index is 1050. The normalized spacial score (nSPS) is 11.0. The molecule has 0 heterocycles. The summed E-state index contributed by atoms with van der Waals surface area (Å²) in [4.78, 5) is 36.1. The van der Waals surface area contributed by atoms with Crippen LogP contribution in [0.5, 0.6) is 5.75 Å². The molecule has 0 fully saturated rings. The number of ether oxygens (including phenoxy) is 3. The van der Waals surface area contributed by atoms with Crippen molar-refractivity contribution in [2.45, 2.75) is 6.18 Å². The quantitative estimate of drug-likeness (QED) is 0.361. The van der Waals surface area contributed by atoms with E-state index in [4.69, 9.17) is 37.4 Å². The van der Waals surface area contributed by atoms with Gasteiger partial charge in [-0.05, 0) is 36.4 Å². The Morgan fingerprint density at radius 1 is 1.03 bits per heavy atom. The van der Waals surface area contributed by atoms with Gasteiger partial charge in [-0.15, -0.1) is 0 Å². The molecule has 2 amide bonds. The van der Waals surface area contributed by atoms with Crippen LogP contribution in [0.1, 0.15) is 15.9 Å². The van der Waals surface area contributed by atoms with Gasteiger partial charge in [0.05, 0.1) is 28.4 Å². The number of benzene rings is 2. The van der Waals surface area contributed by atoms with Gasteiger partial charge >= 0.3 is 12.1 Å². The molecular weight excluding hydrogens is 504 g/mol. The Hall–Kier alpha value is -3.02. The zero-order valence-electron chi connectivity index (χ0n) is 17.6. The summed E-state index contributed by atoms with van der Waals surface area (Å²) in [5, 5.41) is 4.87. The van der Waals surface area contributed by atoms with E-state index in [1.165, 1.54) is 25.3 Å². The maximum atomic E-state index is 13.0. The van der Waals surface area contributed by atoms with Gasteiger partial charge in [-0.1, -0.05) is 23.2 Å². The van der Waals surface area contributed by atoms with Crippen LogP contribution in [0, 0.1) is 0 Å². The maximum absolute atomic E-state index is 13.0. The van der Waals surface area contributed by atoms with Gasteiger partial charge in [0.2, 0.25) is 0 Å². The molecule has 2 N–H and O–H groups in total. The van der Waals surface area contributed by atoms with Crippen LogP contribution in [0.15, 0.2) is 36.4 Å². The molecule has 184 valence electrons. The fourth-order valence-corrected chi connectivity index (χ4v) is 2.96. The van der Waals surface area contributed by atoms with E-state index in [1.807, 2.05) is 0 Å². The highest BCUT2D eigenvalue weighted by molar-refractivity contribution is 6.36. The van der Waals surface area contributed by atoms with Gasteiger partial charge in [0.1, 0.15) is 18.9 Å². The summed E-state index contributed by atoms with van der Waals surface area (Å²) in [6.45, 7) is -1.21. The molecule has 8 nitrogen and oxygen atoms in total. The molecule has 2 aromatic rings. The van der Waals surface area contributed by atoms with Crippen LogP contribution >= 0.6 is 23.2 Å². The third-order valence-electron chi connectivity index (χ3n) is 4.06. The molecule has 0 unspecified atom stereocenters. The monoisotopic (exact) mass is 522 g/mol. The summed E-state index contributed by atoms with van der Waals surface area (Å²) < 4.78 is 53.9. The lowest BCUT2D eigenvalue weighted by atomic mass is 10.1. The molecule has 0 aliphatic carbocycles. The number of halogens is 5.